The van der Waals surface area contributed by atoms with Gasteiger partial charge in [-0.15, -0.1) is 11.3 Å². The number of thiophene rings is 1. The van der Waals surface area contributed by atoms with Gasteiger partial charge >= 0.3 is 0 Å². The van der Waals surface area contributed by atoms with Crippen molar-refractivity contribution in [2.75, 3.05) is 13.1 Å². The molecule has 1 aromatic heterocycles. The van der Waals surface area contributed by atoms with Gasteiger partial charge in [0.15, 0.2) is 0 Å². The van der Waals surface area contributed by atoms with Crippen molar-refractivity contribution < 1.29 is 4.79 Å². The van der Waals surface area contributed by atoms with E-state index in [1.807, 2.05) is 34.5 Å². The van der Waals surface area contributed by atoms with Gasteiger partial charge in [0.05, 0.1) is 10.6 Å². The molecule has 3 nitrogen and oxygen atoms in total. The van der Waals surface area contributed by atoms with Crippen LogP contribution in [0.1, 0.15) is 23.2 Å². The number of rotatable bonds is 2. The van der Waals surface area contributed by atoms with Gasteiger partial charge in [0.2, 0.25) is 0 Å². The van der Waals surface area contributed by atoms with Crippen molar-refractivity contribution in [1.29, 1.82) is 0 Å². The first-order valence-corrected chi connectivity index (χ1v) is 8.00. The Morgan fingerprint density at radius 2 is 2.20 bits per heavy atom. The van der Waals surface area contributed by atoms with E-state index in [1.54, 1.807) is 11.3 Å². The van der Waals surface area contributed by atoms with E-state index < -0.39 is 0 Å². The van der Waals surface area contributed by atoms with Gasteiger partial charge in [0.25, 0.3) is 5.91 Å². The Morgan fingerprint density at radius 3 is 3.00 bits per heavy atom. The molecule has 2 heterocycles. The minimum absolute atomic E-state index is 0.100. The number of hydrogen-bond acceptors (Lipinski definition) is 3. The predicted molar refractivity (Wildman–Crippen MR) is 87.2 cm³/mol. The number of benzene rings is 1. The summed E-state index contributed by atoms with van der Waals surface area (Å²) in [5.74, 6) is 0.260. The first-order chi connectivity index (χ1) is 9.66. The molecule has 5 heteroatoms. The fourth-order valence-electron chi connectivity index (χ4n) is 2.71. The van der Waals surface area contributed by atoms with Crippen LogP contribution in [-0.2, 0) is 0 Å². The van der Waals surface area contributed by atoms with Crippen LogP contribution in [0.4, 0.5) is 0 Å². The van der Waals surface area contributed by atoms with E-state index >= 15 is 0 Å². The molecular formula is C15H16N2OS2. The van der Waals surface area contributed by atoms with E-state index in [-0.39, 0.29) is 11.8 Å². The molecule has 1 unspecified atom stereocenters. The molecule has 1 amide bonds. The number of carbonyl (C=O) groups is 1. The van der Waals surface area contributed by atoms with Crippen LogP contribution in [0.15, 0.2) is 29.6 Å². The zero-order valence-corrected chi connectivity index (χ0v) is 12.7. The van der Waals surface area contributed by atoms with Crippen molar-refractivity contribution in [1.82, 2.24) is 4.90 Å². The third-order valence-electron chi connectivity index (χ3n) is 3.82. The number of hydrogen-bond donors (Lipinski definition) is 1. The van der Waals surface area contributed by atoms with Gasteiger partial charge in [-0.25, -0.2) is 0 Å². The Balaban J connectivity index is 1.87. The second kappa shape index (κ2) is 5.50. The number of fused-ring (bicyclic) bond motifs is 1. The first kappa shape index (κ1) is 13.5. The van der Waals surface area contributed by atoms with E-state index in [4.69, 9.17) is 18.0 Å². The lowest BCUT2D eigenvalue weighted by atomic mass is 9.97. The van der Waals surface area contributed by atoms with Crippen molar-refractivity contribution in [2.24, 2.45) is 11.7 Å². The molecule has 1 aliphatic heterocycles. The average molecular weight is 304 g/mol. The summed E-state index contributed by atoms with van der Waals surface area (Å²) < 4.78 is 1.15. The maximum atomic E-state index is 12.7. The van der Waals surface area contributed by atoms with Crippen molar-refractivity contribution in [3.8, 4) is 0 Å². The number of carbonyl (C=O) groups excluding carboxylic acids is 1. The summed E-state index contributed by atoms with van der Waals surface area (Å²) in [5.41, 5.74) is 6.53. The van der Waals surface area contributed by atoms with E-state index in [2.05, 4.69) is 0 Å². The second-order valence-electron chi connectivity index (χ2n) is 5.14. The third-order valence-corrected chi connectivity index (χ3v) is 5.12. The molecular weight excluding hydrogens is 288 g/mol. The Kier molecular flexibility index (Phi) is 3.72. The normalized spacial score (nSPS) is 19.2. The van der Waals surface area contributed by atoms with Gasteiger partial charge < -0.3 is 10.6 Å². The highest BCUT2D eigenvalue weighted by molar-refractivity contribution is 7.80. The van der Waals surface area contributed by atoms with Crippen LogP contribution < -0.4 is 5.73 Å². The zero-order chi connectivity index (χ0) is 14.1. The van der Waals surface area contributed by atoms with Gasteiger partial charge in [-0.2, -0.15) is 0 Å². The molecule has 0 aliphatic carbocycles. The standard InChI is InChI=1S/C15H16N2OS2/c16-14(19)10-4-3-7-17(8-10)15(18)12-9-20-13-6-2-1-5-11(12)13/h1-2,5-6,9-10H,3-4,7-8H2,(H2,16,19). The van der Waals surface area contributed by atoms with Crippen LogP contribution >= 0.6 is 23.6 Å². The molecule has 3 rings (SSSR count). The smallest absolute Gasteiger partial charge is 0.255 e. The minimum Gasteiger partial charge on any atom is -0.393 e. The van der Waals surface area contributed by atoms with Gasteiger partial charge in [-0.05, 0) is 18.9 Å². The summed E-state index contributed by atoms with van der Waals surface area (Å²) in [6.07, 6.45) is 1.96. The van der Waals surface area contributed by atoms with Gasteiger partial charge in [-0.1, -0.05) is 30.4 Å². The third kappa shape index (κ3) is 2.43. The fourth-order valence-corrected chi connectivity index (χ4v) is 3.83. The van der Waals surface area contributed by atoms with Gasteiger partial charge in [-0.3, -0.25) is 4.79 Å². The second-order valence-corrected chi connectivity index (χ2v) is 6.52. The number of nitrogens with two attached hydrogens (primary N) is 1. The fraction of sp³-hybridized carbons (Fsp3) is 0.333. The number of thiocarbonyl (C=S) groups is 1. The molecule has 0 bridgehead atoms. The molecule has 2 aromatic rings. The molecule has 104 valence electrons. The Morgan fingerprint density at radius 1 is 1.40 bits per heavy atom. The van der Waals surface area contributed by atoms with E-state index in [1.165, 1.54) is 0 Å². The van der Waals surface area contributed by atoms with E-state index in [9.17, 15) is 4.79 Å². The summed E-state index contributed by atoms with van der Waals surface area (Å²) in [6, 6.07) is 8.02. The maximum absolute atomic E-state index is 12.7. The quantitative estimate of drug-likeness (QED) is 0.868. The molecule has 0 spiro atoms. The molecule has 1 fully saturated rings. The molecule has 20 heavy (non-hydrogen) atoms. The van der Waals surface area contributed by atoms with Crippen molar-refractivity contribution >= 4 is 44.5 Å². The summed E-state index contributed by atoms with van der Waals surface area (Å²) >= 11 is 6.69. The highest BCUT2D eigenvalue weighted by atomic mass is 32.1. The van der Waals surface area contributed by atoms with Crippen LogP contribution in [-0.4, -0.2) is 28.9 Å². The van der Waals surface area contributed by atoms with Gasteiger partial charge in [0.1, 0.15) is 0 Å². The molecule has 0 saturated carbocycles. The molecule has 1 atom stereocenters. The number of nitrogens with zero attached hydrogens (tertiary/aromatic N) is 1. The molecule has 1 aliphatic rings. The summed E-state index contributed by atoms with van der Waals surface area (Å²) in [6.45, 7) is 1.44. The first-order valence-electron chi connectivity index (χ1n) is 6.71. The lowest BCUT2D eigenvalue weighted by molar-refractivity contribution is 0.0706. The molecule has 2 N–H and O–H groups in total. The van der Waals surface area contributed by atoms with Crippen LogP contribution in [0.5, 0.6) is 0 Å². The van der Waals surface area contributed by atoms with Crippen molar-refractivity contribution in [3.63, 3.8) is 0 Å². The van der Waals surface area contributed by atoms with Crippen molar-refractivity contribution in [2.45, 2.75) is 12.8 Å². The summed E-state index contributed by atoms with van der Waals surface area (Å²) in [4.78, 5) is 15.1. The van der Waals surface area contributed by atoms with Crippen LogP contribution in [0.2, 0.25) is 0 Å². The Hall–Kier alpha value is -1.46. The highest BCUT2D eigenvalue weighted by Crippen LogP contribution is 2.28. The topological polar surface area (TPSA) is 46.3 Å². The Labute approximate surface area is 127 Å². The highest BCUT2D eigenvalue weighted by Gasteiger charge is 2.27. The monoisotopic (exact) mass is 304 g/mol. The minimum atomic E-state index is 0.100. The zero-order valence-electron chi connectivity index (χ0n) is 11.0. The lowest BCUT2D eigenvalue weighted by Crippen LogP contribution is -2.43. The van der Waals surface area contributed by atoms with Crippen molar-refractivity contribution in [3.05, 3.63) is 35.2 Å². The molecule has 1 aromatic carbocycles. The lowest BCUT2D eigenvalue weighted by Gasteiger charge is -2.32. The van der Waals surface area contributed by atoms with E-state index in [0.717, 1.165) is 35.0 Å². The summed E-state index contributed by atoms with van der Waals surface area (Å²) in [7, 11) is 0. The summed E-state index contributed by atoms with van der Waals surface area (Å²) in [5, 5.41) is 3.00. The average Bonchev–Trinajstić information content (AvgIpc) is 2.90. The Bertz CT molecular complexity index is 665. The maximum Gasteiger partial charge on any atom is 0.255 e. The molecule has 1 saturated heterocycles. The SMILES string of the molecule is NC(=S)C1CCCN(C(=O)c2csc3ccccc23)C1. The van der Waals surface area contributed by atoms with Crippen LogP contribution in [0.3, 0.4) is 0 Å². The largest absolute Gasteiger partial charge is 0.393 e. The predicted octanol–water partition coefficient (Wildman–Crippen LogP) is 3.04. The van der Waals surface area contributed by atoms with Crippen LogP contribution in [0.25, 0.3) is 10.1 Å². The molecule has 0 radical (unpaired) electrons. The van der Waals surface area contributed by atoms with Gasteiger partial charge in [0, 0.05) is 34.5 Å². The number of likely N-dealkylation sites (tertiary alicyclic amines) is 1. The van der Waals surface area contributed by atoms with E-state index in [0.29, 0.717) is 11.5 Å². The van der Waals surface area contributed by atoms with Crippen LogP contribution in [0, 0.1) is 5.92 Å². The number of amides is 1. The number of piperidine rings is 1.